The van der Waals surface area contributed by atoms with Gasteiger partial charge in [0.1, 0.15) is 11.8 Å². The molecule has 0 aliphatic rings. The van der Waals surface area contributed by atoms with Crippen LogP contribution in [0.25, 0.3) is 0 Å². The lowest BCUT2D eigenvalue weighted by Crippen LogP contribution is -2.48. The zero-order chi connectivity index (χ0) is 23.7. The first kappa shape index (κ1) is 24.4. The third-order valence-electron chi connectivity index (χ3n) is 4.57. The smallest absolute Gasteiger partial charge is 0.406 e. The summed E-state index contributed by atoms with van der Waals surface area (Å²) >= 11 is 0. The lowest BCUT2D eigenvalue weighted by atomic mass is 10.1. The molecule has 1 atom stereocenters. The number of carboxylic acids is 1. The van der Waals surface area contributed by atoms with E-state index in [0.29, 0.717) is 23.9 Å². The van der Waals surface area contributed by atoms with Gasteiger partial charge in [-0.05, 0) is 44.4 Å². The number of hydrogen-bond donors (Lipinski definition) is 5. The minimum Gasteiger partial charge on any atom is -0.508 e. The molecule has 32 heavy (non-hydrogen) atoms. The van der Waals surface area contributed by atoms with Crippen molar-refractivity contribution in [2.75, 3.05) is 25.5 Å². The Morgan fingerprint density at radius 3 is 2.44 bits per heavy atom. The standard InChI is InChI=1S/C21H27N5O6/c1-12-17(18(28)26-16(19(29)30)11-23-21(31)32-3)13(2)25-20(24-12)22-9-5-7-14-6-4-8-15(27)10-14/h4,6,8,10,16,27H,5,7,9,11H2,1-3H3,(H,23,31)(H,26,28)(H,29,30)(H,22,24,25)/t16-/m0/s1. The number of phenols is 1. The molecule has 0 bridgehead atoms. The summed E-state index contributed by atoms with van der Waals surface area (Å²) in [4.78, 5) is 43.8. The Morgan fingerprint density at radius 1 is 1.16 bits per heavy atom. The number of carbonyl (C=O) groups is 3. The number of aromatic nitrogens is 2. The molecule has 1 heterocycles. The van der Waals surface area contributed by atoms with Gasteiger partial charge < -0.3 is 30.9 Å². The SMILES string of the molecule is COC(=O)NC[C@H](NC(=O)c1c(C)nc(NCCCc2cccc(O)c2)nc1C)C(=O)O. The summed E-state index contributed by atoms with van der Waals surface area (Å²) in [7, 11) is 1.15. The Hall–Kier alpha value is -3.89. The highest BCUT2D eigenvalue weighted by molar-refractivity contribution is 5.98. The molecule has 172 valence electrons. The summed E-state index contributed by atoms with van der Waals surface area (Å²) in [5.74, 6) is -1.38. The first-order valence-corrected chi connectivity index (χ1v) is 9.93. The number of methoxy groups -OCH3 is 1. The van der Waals surface area contributed by atoms with Crippen LogP contribution < -0.4 is 16.0 Å². The predicted octanol–water partition coefficient (Wildman–Crippen LogP) is 1.38. The fraction of sp³-hybridized carbons (Fsp3) is 0.381. The highest BCUT2D eigenvalue weighted by atomic mass is 16.5. The minimum absolute atomic E-state index is 0.166. The first-order valence-electron chi connectivity index (χ1n) is 9.93. The molecule has 0 fully saturated rings. The Labute approximate surface area is 185 Å². The van der Waals surface area contributed by atoms with Crippen molar-refractivity contribution in [3.63, 3.8) is 0 Å². The quantitative estimate of drug-likeness (QED) is 0.340. The van der Waals surface area contributed by atoms with Gasteiger partial charge in [0.15, 0.2) is 0 Å². The molecule has 2 rings (SSSR count). The average Bonchev–Trinajstić information content (AvgIpc) is 2.73. The van der Waals surface area contributed by atoms with Crippen LogP contribution in [0.5, 0.6) is 5.75 Å². The fourth-order valence-electron chi connectivity index (χ4n) is 3.02. The summed E-state index contributed by atoms with van der Waals surface area (Å²) in [5, 5.41) is 26.5. The van der Waals surface area contributed by atoms with Gasteiger partial charge in [0.2, 0.25) is 5.95 Å². The number of carboxylic acid groups (broad SMARTS) is 1. The van der Waals surface area contributed by atoms with Gasteiger partial charge in [0.05, 0.1) is 30.6 Å². The molecule has 2 aromatic rings. The number of aromatic hydroxyl groups is 1. The van der Waals surface area contributed by atoms with Crippen LogP contribution in [-0.2, 0) is 16.0 Å². The van der Waals surface area contributed by atoms with E-state index >= 15 is 0 Å². The van der Waals surface area contributed by atoms with Crippen LogP contribution in [0.1, 0.15) is 33.7 Å². The molecular weight excluding hydrogens is 418 g/mol. The highest BCUT2D eigenvalue weighted by Crippen LogP contribution is 2.14. The highest BCUT2D eigenvalue weighted by Gasteiger charge is 2.24. The maximum absolute atomic E-state index is 12.6. The van der Waals surface area contributed by atoms with Gasteiger partial charge in [0, 0.05) is 6.54 Å². The molecule has 11 heteroatoms. The van der Waals surface area contributed by atoms with Crippen LogP contribution in [0, 0.1) is 13.8 Å². The molecule has 1 aromatic heterocycles. The van der Waals surface area contributed by atoms with Crippen molar-refractivity contribution in [3.8, 4) is 5.75 Å². The molecule has 0 saturated carbocycles. The maximum Gasteiger partial charge on any atom is 0.406 e. The van der Waals surface area contributed by atoms with Crippen molar-refractivity contribution in [2.45, 2.75) is 32.7 Å². The van der Waals surface area contributed by atoms with Gasteiger partial charge in [-0.1, -0.05) is 12.1 Å². The van der Waals surface area contributed by atoms with Crippen molar-refractivity contribution in [1.29, 1.82) is 0 Å². The van der Waals surface area contributed by atoms with Crippen molar-refractivity contribution < 1.29 is 29.3 Å². The summed E-state index contributed by atoms with van der Waals surface area (Å²) in [6.45, 7) is 3.50. The first-order chi connectivity index (χ1) is 15.2. The van der Waals surface area contributed by atoms with Crippen molar-refractivity contribution in [2.24, 2.45) is 0 Å². The second-order valence-corrected chi connectivity index (χ2v) is 7.03. The zero-order valence-electron chi connectivity index (χ0n) is 18.1. The number of aryl methyl sites for hydroxylation is 3. The van der Waals surface area contributed by atoms with Crippen molar-refractivity contribution in [1.82, 2.24) is 20.6 Å². The number of aliphatic carboxylic acids is 1. The number of benzene rings is 1. The van der Waals surface area contributed by atoms with Crippen LogP contribution in [0.15, 0.2) is 24.3 Å². The summed E-state index contributed by atoms with van der Waals surface area (Å²) in [5.41, 5.74) is 1.95. The van der Waals surface area contributed by atoms with E-state index in [9.17, 15) is 24.6 Å². The van der Waals surface area contributed by atoms with Crippen LogP contribution in [0.2, 0.25) is 0 Å². The van der Waals surface area contributed by atoms with Crippen molar-refractivity contribution >= 4 is 23.9 Å². The number of nitrogens with zero attached hydrogens (tertiary/aromatic N) is 2. The number of rotatable bonds is 10. The van der Waals surface area contributed by atoms with Gasteiger partial charge >= 0.3 is 12.1 Å². The van der Waals surface area contributed by atoms with Gasteiger partial charge in [0.25, 0.3) is 5.91 Å². The number of carbonyl (C=O) groups excluding carboxylic acids is 2. The van der Waals surface area contributed by atoms with Gasteiger partial charge in [-0.3, -0.25) is 4.79 Å². The number of nitrogens with one attached hydrogen (secondary N) is 3. The Balaban J connectivity index is 1.97. The lowest BCUT2D eigenvalue weighted by Gasteiger charge is -2.17. The maximum atomic E-state index is 12.6. The molecule has 5 N–H and O–H groups in total. The fourth-order valence-corrected chi connectivity index (χ4v) is 3.02. The summed E-state index contributed by atoms with van der Waals surface area (Å²) in [6, 6.07) is 5.70. The third kappa shape index (κ3) is 7.11. The number of phenolic OH excluding ortho intramolecular Hbond substituents is 1. The molecular formula is C21H27N5O6. The molecule has 0 spiro atoms. The molecule has 1 aromatic carbocycles. The Kier molecular flexibility index (Phi) is 8.75. The summed E-state index contributed by atoms with van der Waals surface area (Å²) < 4.78 is 4.40. The third-order valence-corrected chi connectivity index (χ3v) is 4.57. The van der Waals surface area contributed by atoms with Gasteiger partial charge in [-0.2, -0.15) is 0 Å². The predicted molar refractivity (Wildman–Crippen MR) is 116 cm³/mol. The molecule has 2 amide bonds. The molecule has 0 unspecified atom stereocenters. The largest absolute Gasteiger partial charge is 0.508 e. The lowest BCUT2D eigenvalue weighted by molar-refractivity contribution is -0.139. The number of alkyl carbamates (subject to hydrolysis) is 1. The topological polar surface area (TPSA) is 163 Å². The number of ether oxygens (including phenoxy) is 1. The van der Waals surface area contributed by atoms with E-state index in [1.54, 1.807) is 32.0 Å². The minimum atomic E-state index is -1.35. The normalized spacial score (nSPS) is 11.3. The van der Waals surface area contributed by atoms with Crippen LogP contribution in [0.4, 0.5) is 10.7 Å². The van der Waals surface area contributed by atoms with Crippen molar-refractivity contribution in [3.05, 3.63) is 46.8 Å². The zero-order valence-corrected chi connectivity index (χ0v) is 18.1. The molecule has 0 saturated heterocycles. The Morgan fingerprint density at radius 2 is 1.84 bits per heavy atom. The van der Waals surface area contributed by atoms with E-state index in [1.807, 2.05) is 6.07 Å². The van der Waals surface area contributed by atoms with Gasteiger partial charge in [-0.25, -0.2) is 19.6 Å². The second-order valence-electron chi connectivity index (χ2n) is 7.03. The number of anilines is 1. The van der Waals surface area contributed by atoms with E-state index in [-0.39, 0.29) is 17.9 Å². The van der Waals surface area contributed by atoms with Crippen LogP contribution >= 0.6 is 0 Å². The van der Waals surface area contributed by atoms with E-state index in [4.69, 9.17) is 0 Å². The second kappa shape index (κ2) is 11.5. The number of hydrogen-bond acceptors (Lipinski definition) is 8. The Bertz CT molecular complexity index is 958. The van der Waals surface area contributed by atoms with Gasteiger partial charge in [-0.15, -0.1) is 0 Å². The molecule has 0 aliphatic carbocycles. The van der Waals surface area contributed by atoms with E-state index in [1.165, 1.54) is 0 Å². The average molecular weight is 445 g/mol. The van der Waals surface area contributed by atoms with E-state index < -0.39 is 24.0 Å². The monoisotopic (exact) mass is 445 g/mol. The van der Waals surface area contributed by atoms with E-state index in [2.05, 4.69) is 30.7 Å². The molecule has 0 radical (unpaired) electrons. The molecule has 11 nitrogen and oxygen atoms in total. The van der Waals surface area contributed by atoms with Crippen LogP contribution in [0.3, 0.4) is 0 Å². The summed E-state index contributed by atoms with van der Waals surface area (Å²) in [6.07, 6.45) is 0.733. The van der Waals surface area contributed by atoms with E-state index in [0.717, 1.165) is 25.5 Å². The number of amides is 2. The van der Waals surface area contributed by atoms with Crippen LogP contribution in [-0.4, -0.2) is 64.4 Å². The molecule has 0 aliphatic heterocycles.